The Labute approximate surface area is 146 Å². The number of H-pyrrole nitrogens is 2. The van der Waals surface area contributed by atoms with Gasteiger partial charge in [0.1, 0.15) is 6.07 Å². The highest BCUT2D eigenvalue weighted by Gasteiger charge is 2.04. The fourth-order valence-corrected chi connectivity index (χ4v) is 4.27. The molecule has 0 amide bonds. The third-order valence-electron chi connectivity index (χ3n) is 3.08. The Kier molecular flexibility index (Phi) is 4.43. The topological polar surface area (TPSA) is 89.5 Å². The highest BCUT2D eigenvalue weighted by Crippen LogP contribution is 2.25. The molecule has 8 heteroatoms. The van der Waals surface area contributed by atoms with Crippen molar-refractivity contribution in [3.63, 3.8) is 0 Å². The zero-order chi connectivity index (χ0) is 16.4. The minimum Gasteiger partial charge on any atom is -0.327 e. The number of hydrogen-bond acceptors (Lipinski definition) is 5. The van der Waals surface area contributed by atoms with Crippen molar-refractivity contribution in [3.8, 4) is 6.07 Å². The summed E-state index contributed by atoms with van der Waals surface area (Å²) in [5.41, 5.74) is 0.370. The fourth-order valence-electron chi connectivity index (χ4n) is 2.01. The predicted octanol–water partition coefficient (Wildman–Crippen LogP) is 3.81. The van der Waals surface area contributed by atoms with E-state index in [0.29, 0.717) is 10.9 Å². The number of nitrogens with one attached hydrogen (secondary N) is 2. The van der Waals surface area contributed by atoms with Gasteiger partial charge in [0.15, 0.2) is 0 Å². The second-order valence-corrected chi connectivity index (χ2v) is 7.12. The molecule has 0 saturated carbocycles. The first-order chi connectivity index (χ1) is 11.1. The van der Waals surface area contributed by atoms with Gasteiger partial charge in [-0.1, -0.05) is 0 Å². The van der Waals surface area contributed by atoms with Gasteiger partial charge >= 0.3 is 0 Å². The van der Waals surface area contributed by atoms with Crippen LogP contribution in [-0.4, -0.2) is 9.97 Å². The normalized spacial score (nSPS) is 10.3. The average Bonchev–Trinajstić information content (AvgIpc) is 3.22. The van der Waals surface area contributed by atoms with E-state index in [1.807, 2.05) is 17.5 Å². The molecule has 4 rings (SSSR count). The van der Waals surface area contributed by atoms with Crippen LogP contribution in [0.2, 0.25) is 0 Å². The molecule has 0 atom stereocenters. The molecule has 0 fully saturated rings. The van der Waals surface area contributed by atoms with Crippen LogP contribution in [0, 0.1) is 11.3 Å². The van der Waals surface area contributed by atoms with Crippen LogP contribution in [0.5, 0.6) is 0 Å². The van der Waals surface area contributed by atoms with Crippen LogP contribution in [0.1, 0.15) is 5.56 Å². The molecule has 5 nitrogen and oxygen atoms in total. The van der Waals surface area contributed by atoms with Gasteiger partial charge in [-0.3, -0.25) is 9.59 Å². The van der Waals surface area contributed by atoms with E-state index < -0.39 is 0 Å². The van der Waals surface area contributed by atoms with E-state index in [0.717, 1.165) is 19.3 Å². The Bertz CT molecular complexity index is 1150. The lowest BCUT2D eigenvalue weighted by molar-refractivity contribution is 1.27. The van der Waals surface area contributed by atoms with Crippen LogP contribution in [-0.2, 0) is 0 Å². The SMILES string of the molecule is N#Cc1c[nH]c(=O)c2ccsc12.O=c1[nH]cc(Br)c2sccc12. The maximum absolute atomic E-state index is 11.1. The molecule has 0 aliphatic carbocycles. The highest BCUT2D eigenvalue weighted by atomic mass is 79.9. The maximum atomic E-state index is 11.1. The smallest absolute Gasteiger partial charge is 0.256 e. The first kappa shape index (κ1) is 15.7. The molecular weight excluding hydrogens is 398 g/mol. The lowest BCUT2D eigenvalue weighted by Gasteiger charge is -1.90. The molecule has 0 spiro atoms. The van der Waals surface area contributed by atoms with Crippen molar-refractivity contribution in [2.75, 3.05) is 0 Å². The van der Waals surface area contributed by atoms with Crippen LogP contribution in [0.25, 0.3) is 20.2 Å². The Hall–Kier alpha value is -2.21. The molecule has 0 saturated heterocycles. The molecule has 0 bridgehead atoms. The molecule has 0 aliphatic heterocycles. The van der Waals surface area contributed by atoms with E-state index in [9.17, 15) is 9.59 Å². The molecule has 114 valence electrons. The molecule has 2 N–H and O–H groups in total. The number of thiophene rings is 2. The van der Waals surface area contributed by atoms with E-state index in [-0.39, 0.29) is 11.1 Å². The van der Waals surface area contributed by atoms with Gasteiger partial charge in [0.05, 0.1) is 30.2 Å². The Morgan fingerprint density at radius 3 is 2.13 bits per heavy atom. The van der Waals surface area contributed by atoms with Crippen LogP contribution in [0.3, 0.4) is 0 Å². The summed E-state index contributed by atoms with van der Waals surface area (Å²) in [6.45, 7) is 0. The molecule has 0 unspecified atom stereocenters. The largest absolute Gasteiger partial charge is 0.327 e. The van der Waals surface area contributed by atoms with E-state index in [1.165, 1.54) is 17.5 Å². The number of pyridine rings is 2. The number of hydrogen-bond donors (Lipinski definition) is 2. The lowest BCUT2D eigenvalue weighted by atomic mass is 10.2. The van der Waals surface area contributed by atoms with E-state index in [1.54, 1.807) is 29.0 Å². The predicted molar refractivity (Wildman–Crippen MR) is 97.3 cm³/mol. The summed E-state index contributed by atoms with van der Waals surface area (Å²) in [6, 6.07) is 5.57. The van der Waals surface area contributed by atoms with Crippen LogP contribution < -0.4 is 11.1 Å². The summed E-state index contributed by atoms with van der Waals surface area (Å²) in [7, 11) is 0. The van der Waals surface area contributed by atoms with E-state index in [2.05, 4.69) is 25.9 Å². The van der Waals surface area contributed by atoms with Crippen LogP contribution in [0.15, 0.2) is 49.3 Å². The average molecular weight is 406 g/mol. The van der Waals surface area contributed by atoms with Crippen molar-refractivity contribution in [1.29, 1.82) is 5.26 Å². The summed E-state index contributed by atoms with van der Waals surface area (Å²) in [5.74, 6) is 0. The van der Waals surface area contributed by atoms with Gasteiger partial charge in [0.25, 0.3) is 11.1 Å². The highest BCUT2D eigenvalue weighted by molar-refractivity contribution is 9.10. The van der Waals surface area contributed by atoms with Crippen molar-refractivity contribution < 1.29 is 0 Å². The number of aromatic amines is 2. The third kappa shape index (κ3) is 2.99. The summed E-state index contributed by atoms with van der Waals surface area (Å²) < 4.78 is 2.72. The van der Waals surface area contributed by atoms with Crippen LogP contribution >= 0.6 is 38.6 Å². The monoisotopic (exact) mass is 405 g/mol. The van der Waals surface area contributed by atoms with Gasteiger partial charge in [0, 0.05) is 12.4 Å². The molecule has 4 aromatic rings. The van der Waals surface area contributed by atoms with Gasteiger partial charge in [0.2, 0.25) is 0 Å². The van der Waals surface area contributed by atoms with Gasteiger partial charge in [-0.05, 0) is 38.8 Å². The molecular formula is C15H8BrN3O2S2. The second kappa shape index (κ2) is 6.50. The van der Waals surface area contributed by atoms with Gasteiger partial charge < -0.3 is 9.97 Å². The standard InChI is InChI=1S/C8H4N2OS.C7H4BrNOS/c9-3-5-4-10-8(11)6-1-2-12-7(5)6;8-5-3-9-7(10)4-1-2-11-6(4)5/h1-2,4H,(H,10,11);1-3H,(H,9,10). The first-order valence-corrected chi connectivity index (χ1v) is 8.90. The van der Waals surface area contributed by atoms with E-state index in [4.69, 9.17) is 5.26 Å². The Balaban J connectivity index is 0.000000136. The molecule has 23 heavy (non-hydrogen) atoms. The number of halogens is 1. The van der Waals surface area contributed by atoms with E-state index >= 15 is 0 Å². The molecule has 4 aromatic heterocycles. The number of nitriles is 1. The number of rotatable bonds is 0. The third-order valence-corrected chi connectivity index (χ3v) is 5.86. The van der Waals surface area contributed by atoms with Crippen molar-refractivity contribution >= 4 is 58.8 Å². The van der Waals surface area contributed by atoms with Gasteiger partial charge in [-0.2, -0.15) is 5.26 Å². The zero-order valence-electron chi connectivity index (χ0n) is 11.4. The molecule has 4 heterocycles. The summed E-state index contributed by atoms with van der Waals surface area (Å²) in [4.78, 5) is 27.4. The number of fused-ring (bicyclic) bond motifs is 2. The molecule has 0 radical (unpaired) electrons. The molecule has 0 aromatic carbocycles. The minimum atomic E-state index is -0.134. The quantitative estimate of drug-likeness (QED) is 0.465. The Morgan fingerprint density at radius 2 is 1.52 bits per heavy atom. The van der Waals surface area contributed by atoms with Crippen molar-refractivity contribution in [2.24, 2.45) is 0 Å². The summed E-state index contributed by atoms with van der Waals surface area (Å²) >= 11 is 6.32. The summed E-state index contributed by atoms with van der Waals surface area (Å²) in [6.07, 6.45) is 3.11. The first-order valence-electron chi connectivity index (χ1n) is 6.35. The minimum absolute atomic E-state index is 0.0237. The van der Waals surface area contributed by atoms with Crippen LogP contribution in [0.4, 0.5) is 0 Å². The molecule has 0 aliphatic rings. The lowest BCUT2D eigenvalue weighted by Crippen LogP contribution is -2.03. The van der Waals surface area contributed by atoms with Crippen molar-refractivity contribution in [1.82, 2.24) is 9.97 Å². The van der Waals surface area contributed by atoms with Gasteiger partial charge in [-0.25, -0.2) is 0 Å². The Morgan fingerprint density at radius 1 is 0.957 bits per heavy atom. The van der Waals surface area contributed by atoms with Crippen molar-refractivity contribution in [2.45, 2.75) is 0 Å². The number of nitrogens with zero attached hydrogens (tertiary/aromatic N) is 1. The summed E-state index contributed by atoms with van der Waals surface area (Å²) in [5, 5.41) is 13.7. The van der Waals surface area contributed by atoms with Crippen molar-refractivity contribution in [3.05, 3.63) is 66.0 Å². The fraction of sp³-hybridized carbons (Fsp3) is 0. The second-order valence-electron chi connectivity index (χ2n) is 4.44. The maximum Gasteiger partial charge on any atom is 0.256 e. The van der Waals surface area contributed by atoms with Gasteiger partial charge in [-0.15, -0.1) is 22.7 Å². The zero-order valence-corrected chi connectivity index (χ0v) is 14.6. The number of aromatic nitrogens is 2.